The molecule has 2 heterocycles. The van der Waals surface area contributed by atoms with Crippen molar-refractivity contribution in [2.45, 2.75) is 38.0 Å². The largest absolute Gasteiger partial charge is 0.342 e. The van der Waals surface area contributed by atoms with Gasteiger partial charge in [-0.2, -0.15) is 0 Å². The second kappa shape index (κ2) is 6.53. The first-order valence-electron chi connectivity index (χ1n) is 9.47. The third kappa shape index (κ3) is 3.44. The lowest BCUT2D eigenvalue weighted by Gasteiger charge is -2.42. The highest BCUT2D eigenvalue weighted by molar-refractivity contribution is 5.82. The zero-order chi connectivity index (χ0) is 19.2. The van der Waals surface area contributed by atoms with Crippen LogP contribution in [0.3, 0.4) is 0 Å². The van der Waals surface area contributed by atoms with Crippen molar-refractivity contribution in [3.8, 4) is 0 Å². The van der Waals surface area contributed by atoms with E-state index in [9.17, 15) is 22.8 Å². The number of carbonyl (C=O) groups excluding carboxylic acids is 2. The molecule has 0 N–H and O–H groups in total. The summed E-state index contributed by atoms with van der Waals surface area (Å²) in [6.07, 6.45) is 3.28. The van der Waals surface area contributed by atoms with Crippen molar-refractivity contribution in [3.05, 3.63) is 35.6 Å². The van der Waals surface area contributed by atoms with Crippen molar-refractivity contribution in [2.24, 2.45) is 11.3 Å². The third-order valence-corrected chi connectivity index (χ3v) is 6.34. The molecule has 3 aliphatic rings. The fraction of sp³-hybridized carbons (Fsp3) is 0.600. The maximum absolute atomic E-state index is 13.3. The van der Waals surface area contributed by atoms with Crippen LogP contribution in [0.15, 0.2) is 24.3 Å². The van der Waals surface area contributed by atoms with Crippen LogP contribution in [-0.4, -0.2) is 53.7 Å². The number of alkyl halides is 2. The Labute approximate surface area is 156 Å². The van der Waals surface area contributed by atoms with Gasteiger partial charge in [-0.15, -0.1) is 0 Å². The van der Waals surface area contributed by atoms with Gasteiger partial charge in [-0.1, -0.05) is 18.6 Å². The molecule has 0 unspecified atom stereocenters. The second-order valence-electron chi connectivity index (χ2n) is 8.23. The summed E-state index contributed by atoms with van der Waals surface area (Å²) in [6, 6.07) is 6.00. The Kier molecular flexibility index (Phi) is 4.43. The lowest BCUT2D eigenvalue weighted by atomic mass is 9.76. The molecular formula is C20H23F3N2O2. The average Bonchev–Trinajstić information content (AvgIpc) is 3.20. The van der Waals surface area contributed by atoms with Crippen molar-refractivity contribution >= 4 is 11.8 Å². The van der Waals surface area contributed by atoms with E-state index in [0.29, 0.717) is 25.1 Å². The molecule has 1 aromatic carbocycles. The first-order chi connectivity index (χ1) is 12.8. The molecule has 27 heavy (non-hydrogen) atoms. The summed E-state index contributed by atoms with van der Waals surface area (Å²) in [4.78, 5) is 28.4. The summed E-state index contributed by atoms with van der Waals surface area (Å²) < 4.78 is 39.6. The van der Waals surface area contributed by atoms with Crippen molar-refractivity contribution in [3.63, 3.8) is 0 Å². The summed E-state index contributed by atoms with van der Waals surface area (Å²) in [6.45, 7) is 0.0805. The van der Waals surface area contributed by atoms with Crippen molar-refractivity contribution < 1.29 is 22.8 Å². The van der Waals surface area contributed by atoms with Crippen LogP contribution in [0.5, 0.6) is 0 Å². The van der Waals surface area contributed by atoms with Crippen LogP contribution in [0, 0.1) is 17.2 Å². The summed E-state index contributed by atoms with van der Waals surface area (Å²) in [5.74, 6) is -3.67. The van der Waals surface area contributed by atoms with Crippen molar-refractivity contribution in [2.75, 3.05) is 26.2 Å². The molecule has 1 aliphatic carbocycles. The molecule has 3 fully saturated rings. The van der Waals surface area contributed by atoms with Crippen LogP contribution in [-0.2, 0) is 16.0 Å². The molecule has 2 saturated heterocycles. The number of carbonyl (C=O) groups is 2. The van der Waals surface area contributed by atoms with E-state index in [1.54, 1.807) is 17.0 Å². The maximum atomic E-state index is 13.3. The van der Waals surface area contributed by atoms with Gasteiger partial charge >= 0.3 is 0 Å². The monoisotopic (exact) mass is 380 g/mol. The number of hydrogen-bond donors (Lipinski definition) is 0. The smallest absolute Gasteiger partial charge is 0.282 e. The van der Waals surface area contributed by atoms with Gasteiger partial charge in [0.2, 0.25) is 11.8 Å². The van der Waals surface area contributed by atoms with Crippen molar-refractivity contribution in [1.82, 2.24) is 9.80 Å². The Morgan fingerprint density at radius 1 is 1.11 bits per heavy atom. The molecule has 2 atom stereocenters. The maximum Gasteiger partial charge on any atom is 0.282 e. The molecule has 146 valence electrons. The predicted molar refractivity (Wildman–Crippen MR) is 92.6 cm³/mol. The van der Waals surface area contributed by atoms with Gasteiger partial charge in [-0.05, 0) is 37.0 Å². The molecule has 4 rings (SSSR count). The van der Waals surface area contributed by atoms with Gasteiger partial charge in [0.25, 0.3) is 5.92 Å². The minimum absolute atomic E-state index is 0.0777. The summed E-state index contributed by atoms with van der Waals surface area (Å²) >= 11 is 0. The number of halogens is 3. The number of rotatable bonds is 3. The number of nitrogens with zero attached hydrogens (tertiary/aromatic N) is 2. The van der Waals surface area contributed by atoms with E-state index in [-0.39, 0.29) is 35.4 Å². The SMILES string of the molecule is O=C(Cc1cccc(F)c1)N1CC[C@@]2(CCC[C@@H]2C(=O)N2CC(F)(F)C2)C1. The first kappa shape index (κ1) is 18.3. The van der Waals surface area contributed by atoms with Gasteiger partial charge in [0.15, 0.2) is 0 Å². The molecule has 2 amide bonds. The molecule has 4 nitrogen and oxygen atoms in total. The Morgan fingerprint density at radius 3 is 2.59 bits per heavy atom. The highest BCUT2D eigenvalue weighted by atomic mass is 19.3. The molecule has 0 aromatic heterocycles. The van der Waals surface area contributed by atoms with Crippen LogP contribution in [0.2, 0.25) is 0 Å². The molecule has 7 heteroatoms. The van der Waals surface area contributed by atoms with Crippen LogP contribution >= 0.6 is 0 Å². The van der Waals surface area contributed by atoms with E-state index in [0.717, 1.165) is 19.3 Å². The minimum Gasteiger partial charge on any atom is -0.342 e. The Bertz CT molecular complexity index is 761. The number of benzene rings is 1. The van der Waals surface area contributed by atoms with Crippen molar-refractivity contribution in [1.29, 1.82) is 0 Å². The lowest BCUT2D eigenvalue weighted by molar-refractivity contribution is -0.172. The number of hydrogen-bond acceptors (Lipinski definition) is 2. The van der Waals surface area contributed by atoms with Crippen LogP contribution in [0.4, 0.5) is 13.2 Å². The Morgan fingerprint density at radius 2 is 1.89 bits per heavy atom. The molecular weight excluding hydrogens is 357 g/mol. The zero-order valence-electron chi connectivity index (χ0n) is 15.1. The quantitative estimate of drug-likeness (QED) is 0.809. The van der Waals surface area contributed by atoms with E-state index in [4.69, 9.17) is 0 Å². The Balaban J connectivity index is 1.41. The summed E-state index contributed by atoms with van der Waals surface area (Å²) in [5, 5.41) is 0. The topological polar surface area (TPSA) is 40.6 Å². The summed E-state index contributed by atoms with van der Waals surface area (Å²) in [5.41, 5.74) is 0.335. The van der Waals surface area contributed by atoms with Gasteiger partial charge < -0.3 is 9.80 Å². The van der Waals surface area contributed by atoms with Crippen LogP contribution in [0.1, 0.15) is 31.2 Å². The third-order valence-electron chi connectivity index (χ3n) is 6.34. The van der Waals surface area contributed by atoms with Crippen LogP contribution in [0.25, 0.3) is 0 Å². The zero-order valence-corrected chi connectivity index (χ0v) is 15.1. The molecule has 1 spiro atoms. The van der Waals surface area contributed by atoms with E-state index in [2.05, 4.69) is 0 Å². The molecule has 0 radical (unpaired) electrons. The van der Waals surface area contributed by atoms with Crippen LogP contribution < -0.4 is 0 Å². The fourth-order valence-corrected chi connectivity index (χ4v) is 4.94. The van der Waals surface area contributed by atoms with Gasteiger partial charge in [0, 0.05) is 24.4 Å². The summed E-state index contributed by atoms with van der Waals surface area (Å²) in [7, 11) is 0. The number of likely N-dealkylation sites (tertiary alicyclic amines) is 2. The van der Waals surface area contributed by atoms with E-state index in [1.165, 1.54) is 17.0 Å². The van der Waals surface area contributed by atoms with E-state index >= 15 is 0 Å². The average molecular weight is 380 g/mol. The predicted octanol–water partition coefficient (Wildman–Crippen LogP) is 2.86. The molecule has 1 aromatic rings. The molecule has 2 aliphatic heterocycles. The van der Waals surface area contributed by atoms with Gasteiger partial charge in [0.05, 0.1) is 19.5 Å². The minimum atomic E-state index is -2.76. The first-order valence-corrected chi connectivity index (χ1v) is 9.47. The lowest BCUT2D eigenvalue weighted by Crippen LogP contribution is -2.60. The Hall–Kier alpha value is -2.05. The fourth-order valence-electron chi connectivity index (χ4n) is 4.94. The van der Waals surface area contributed by atoms with E-state index in [1.807, 2.05) is 0 Å². The van der Waals surface area contributed by atoms with Gasteiger partial charge in [-0.3, -0.25) is 9.59 Å². The highest BCUT2D eigenvalue weighted by Crippen LogP contribution is 2.51. The normalized spacial score (nSPS) is 29.2. The van der Waals surface area contributed by atoms with E-state index < -0.39 is 19.0 Å². The highest BCUT2D eigenvalue weighted by Gasteiger charge is 2.55. The molecule has 0 bridgehead atoms. The number of amides is 2. The van der Waals surface area contributed by atoms with Gasteiger partial charge in [0.1, 0.15) is 5.82 Å². The van der Waals surface area contributed by atoms with Gasteiger partial charge in [-0.25, -0.2) is 13.2 Å². The molecule has 1 saturated carbocycles. The standard InChI is InChI=1S/C20H23F3N2O2/c21-15-4-1-3-14(9-15)10-17(26)24-8-7-19(11-24)6-2-5-16(19)18(27)25-12-20(22,23)13-25/h1,3-4,9,16H,2,5-8,10-13H2/t16-,19+/m1/s1. The second-order valence-corrected chi connectivity index (χ2v) is 8.23.